The molecule has 0 spiro atoms. The lowest BCUT2D eigenvalue weighted by Gasteiger charge is -2.04. The Kier molecular flexibility index (Phi) is 0.806. The second kappa shape index (κ2) is 1.50. The molecule has 0 aromatic carbocycles. The molecule has 0 unspecified atom stereocenters. The summed E-state index contributed by atoms with van der Waals surface area (Å²) in [6.07, 6.45) is 3.61. The third-order valence-corrected chi connectivity index (χ3v) is 1.54. The minimum atomic E-state index is -0.308. The molecule has 0 amide bonds. The average Bonchev–Trinajstić information content (AvgIpc) is 2.22. The van der Waals surface area contributed by atoms with Crippen LogP contribution in [0.25, 0.3) is 0 Å². The van der Waals surface area contributed by atoms with Crippen LogP contribution in [-0.2, 0) is 14.3 Å². The minimum absolute atomic E-state index is 0.158. The molecule has 2 aliphatic heterocycles. The van der Waals surface area contributed by atoms with Crippen molar-refractivity contribution in [2.24, 2.45) is 5.92 Å². The van der Waals surface area contributed by atoms with Crippen molar-refractivity contribution in [2.45, 2.75) is 12.7 Å². The van der Waals surface area contributed by atoms with Crippen LogP contribution in [0.2, 0.25) is 0 Å². The number of fused-ring (bicyclic) bond motifs is 1. The highest BCUT2D eigenvalue weighted by molar-refractivity contribution is 5.72. The lowest BCUT2D eigenvalue weighted by Crippen LogP contribution is -2.10. The molecule has 9 heavy (non-hydrogen) atoms. The van der Waals surface area contributed by atoms with Gasteiger partial charge in [-0.3, -0.25) is 4.79 Å². The number of hydrogen-bond donors (Lipinski definition) is 0. The van der Waals surface area contributed by atoms with E-state index in [0.29, 0.717) is 6.42 Å². The predicted molar refractivity (Wildman–Crippen MR) is 28.2 cm³/mol. The first-order valence-corrected chi connectivity index (χ1v) is 2.88. The number of esters is 1. The zero-order valence-electron chi connectivity index (χ0n) is 4.74. The van der Waals surface area contributed by atoms with Gasteiger partial charge in [-0.15, -0.1) is 0 Å². The van der Waals surface area contributed by atoms with Crippen molar-refractivity contribution in [2.75, 3.05) is 0 Å². The van der Waals surface area contributed by atoms with Crippen LogP contribution < -0.4 is 0 Å². The van der Waals surface area contributed by atoms with Crippen LogP contribution in [0.5, 0.6) is 0 Å². The van der Waals surface area contributed by atoms with Crippen LogP contribution in [0.1, 0.15) is 6.42 Å². The van der Waals surface area contributed by atoms with Crippen molar-refractivity contribution in [3.8, 4) is 0 Å². The Morgan fingerprint density at radius 2 is 2.56 bits per heavy atom. The van der Waals surface area contributed by atoms with Crippen molar-refractivity contribution in [1.82, 2.24) is 0 Å². The minimum Gasteiger partial charge on any atom is -0.462 e. The van der Waals surface area contributed by atoms with Gasteiger partial charge in [0, 0.05) is 0 Å². The predicted octanol–water partition coefficient (Wildman–Crippen LogP) is 0.419. The maximum absolute atomic E-state index is 10.5. The molecule has 2 heterocycles. The van der Waals surface area contributed by atoms with Gasteiger partial charge in [0.25, 0.3) is 0 Å². The van der Waals surface area contributed by atoms with Crippen molar-refractivity contribution < 1.29 is 14.3 Å². The van der Waals surface area contributed by atoms with Gasteiger partial charge >= 0.3 is 5.97 Å². The lowest BCUT2D eigenvalue weighted by atomic mass is 10.1. The van der Waals surface area contributed by atoms with Crippen molar-refractivity contribution in [1.29, 1.82) is 0 Å². The molecular weight excluding hydrogens is 120 g/mol. The molecule has 0 aliphatic carbocycles. The maximum Gasteiger partial charge on any atom is 0.309 e. The molecule has 2 rings (SSSR count). The number of hydrogen-bond acceptors (Lipinski definition) is 3. The second-order valence-electron chi connectivity index (χ2n) is 2.19. The summed E-state index contributed by atoms with van der Waals surface area (Å²) in [7, 11) is 0. The van der Waals surface area contributed by atoms with Gasteiger partial charge in [-0.25, -0.2) is 0 Å². The third kappa shape index (κ3) is 0.608. The van der Waals surface area contributed by atoms with E-state index >= 15 is 0 Å². The van der Waals surface area contributed by atoms with Crippen LogP contribution in [0.15, 0.2) is 12.3 Å². The summed E-state index contributed by atoms with van der Waals surface area (Å²) in [5.74, 6) is 0.0202. The number of carbonyl (C=O) groups excluding carboxylic acids is 1. The highest BCUT2D eigenvalue weighted by atomic mass is 16.7. The van der Waals surface area contributed by atoms with Gasteiger partial charge in [0.15, 0.2) is 0 Å². The topological polar surface area (TPSA) is 35.5 Å². The number of ether oxygens (including phenoxy) is 2. The SMILES string of the molecule is O=C1C[C@H]2C=CO[C@H]2O1. The van der Waals surface area contributed by atoms with Gasteiger partial charge in [0.1, 0.15) is 0 Å². The van der Waals surface area contributed by atoms with Gasteiger partial charge in [-0.05, 0) is 6.08 Å². The quantitative estimate of drug-likeness (QED) is 0.441. The van der Waals surface area contributed by atoms with Crippen LogP contribution in [0, 0.1) is 5.92 Å². The Morgan fingerprint density at radius 1 is 1.67 bits per heavy atom. The first-order valence-electron chi connectivity index (χ1n) is 2.88. The molecule has 0 radical (unpaired) electrons. The molecule has 3 nitrogen and oxygen atoms in total. The standard InChI is InChI=1S/C6H6O3/c7-5-3-4-1-2-8-6(4)9-5/h1-2,4,6H,3H2/t4-,6+/m1/s1. The van der Waals surface area contributed by atoms with Crippen molar-refractivity contribution in [3.63, 3.8) is 0 Å². The Labute approximate surface area is 52.3 Å². The van der Waals surface area contributed by atoms with E-state index in [4.69, 9.17) is 9.47 Å². The van der Waals surface area contributed by atoms with Crippen LogP contribution in [0.4, 0.5) is 0 Å². The largest absolute Gasteiger partial charge is 0.462 e. The summed E-state index contributed by atoms with van der Waals surface area (Å²) in [6, 6.07) is 0. The third-order valence-electron chi connectivity index (χ3n) is 1.54. The molecule has 0 saturated carbocycles. The molecule has 1 saturated heterocycles. The summed E-state index contributed by atoms with van der Waals surface area (Å²) in [5.41, 5.74) is 0. The molecule has 0 N–H and O–H groups in total. The van der Waals surface area contributed by atoms with E-state index < -0.39 is 0 Å². The van der Waals surface area contributed by atoms with Crippen LogP contribution >= 0.6 is 0 Å². The van der Waals surface area contributed by atoms with Crippen LogP contribution in [0.3, 0.4) is 0 Å². The van der Waals surface area contributed by atoms with E-state index in [0.717, 1.165) is 0 Å². The molecule has 2 aliphatic rings. The zero-order valence-corrected chi connectivity index (χ0v) is 4.74. The fourth-order valence-electron chi connectivity index (χ4n) is 1.06. The fourth-order valence-corrected chi connectivity index (χ4v) is 1.06. The molecule has 0 aromatic rings. The van der Waals surface area contributed by atoms with E-state index in [1.165, 1.54) is 0 Å². The Balaban J connectivity index is 2.17. The van der Waals surface area contributed by atoms with Gasteiger partial charge < -0.3 is 9.47 Å². The summed E-state index contributed by atoms with van der Waals surface area (Å²) in [6.45, 7) is 0. The monoisotopic (exact) mass is 126 g/mol. The Hall–Kier alpha value is -0.990. The number of rotatable bonds is 0. The van der Waals surface area contributed by atoms with E-state index in [-0.39, 0.29) is 18.2 Å². The molecule has 3 heteroatoms. The normalized spacial score (nSPS) is 38.0. The first-order chi connectivity index (χ1) is 4.36. The van der Waals surface area contributed by atoms with Gasteiger partial charge in [-0.1, -0.05) is 0 Å². The summed E-state index contributed by atoms with van der Waals surface area (Å²) in [5, 5.41) is 0. The lowest BCUT2D eigenvalue weighted by molar-refractivity contribution is -0.154. The average molecular weight is 126 g/mol. The van der Waals surface area contributed by atoms with Gasteiger partial charge in [-0.2, -0.15) is 0 Å². The van der Waals surface area contributed by atoms with Gasteiger partial charge in [0.2, 0.25) is 6.29 Å². The fraction of sp³-hybridized carbons (Fsp3) is 0.500. The van der Waals surface area contributed by atoms with E-state index in [1.54, 1.807) is 6.26 Å². The summed E-state index contributed by atoms with van der Waals surface area (Å²) >= 11 is 0. The highest BCUT2D eigenvalue weighted by Crippen LogP contribution is 2.28. The van der Waals surface area contributed by atoms with E-state index in [9.17, 15) is 4.79 Å². The zero-order chi connectivity index (χ0) is 6.27. The van der Waals surface area contributed by atoms with Crippen molar-refractivity contribution in [3.05, 3.63) is 12.3 Å². The summed E-state index contributed by atoms with van der Waals surface area (Å²) in [4.78, 5) is 10.5. The molecule has 2 atom stereocenters. The Morgan fingerprint density at radius 3 is 3.33 bits per heavy atom. The van der Waals surface area contributed by atoms with Gasteiger partial charge in [0.05, 0.1) is 18.6 Å². The van der Waals surface area contributed by atoms with E-state index in [1.807, 2.05) is 6.08 Å². The smallest absolute Gasteiger partial charge is 0.309 e. The second-order valence-corrected chi connectivity index (χ2v) is 2.19. The van der Waals surface area contributed by atoms with Crippen molar-refractivity contribution >= 4 is 5.97 Å². The molecule has 48 valence electrons. The van der Waals surface area contributed by atoms with Crippen LogP contribution in [-0.4, -0.2) is 12.3 Å². The first kappa shape index (κ1) is 4.85. The highest BCUT2D eigenvalue weighted by Gasteiger charge is 2.36. The molecule has 0 bridgehead atoms. The maximum atomic E-state index is 10.5. The summed E-state index contributed by atoms with van der Waals surface area (Å²) < 4.78 is 9.69. The Bertz CT molecular complexity index is 173. The van der Waals surface area contributed by atoms with E-state index in [2.05, 4.69) is 0 Å². The molecule has 1 fully saturated rings. The molecular formula is C6H6O3. The molecule has 0 aromatic heterocycles. The number of carbonyl (C=O) groups is 1.